The third-order valence-electron chi connectivity index (χ3n) is 11.5. The molecule has 0 saturated carbocycles. The minimum Gasteiger partial charge on any atom is -0.457 e. The maximum absolute atomic E-state index is 6.79. The van der Waals surface area contributed by atoms with Gasteiger partial charge in [-0.3, -0.25) is 4.57 Å². The fourth-order valence-electron chi connectivity index (χ4n) is 7.94. The Morgan fingerprint density at radius 3 is 1.67 bits per heavy atom. The molecule has 0 saturated heterocycles. The second-order valence-electron chi connectivity index (χ2n) is 20.0. The number of fused-ring (bicyclic) bond motifs is 4. The predicted octanol–water partition coefficient (Wildman–Crippen LogP) is 14.4. The lowest BCUT2D eigenvalue weighted by Crippen LogP contribution is -2.24. The summed E-state index contributed by atoms with van der Waals surface area (Å²) in [6.07, 6.45) is 1.94. The molecule has 8 rings (SSSR count). The molecule has 0 amide bonds. The van der Waals surface area contributed by atoms with Gasteiger partial charge in [0.05, 0.1) is 22.4 Å². The highest BCUT2D eigenvalue weighted by molar-refractivity contribution is 6.09. The highest BCUT2D eigenvalue weighted by Gasteiger charge is 2.31. The summed E-state index contributed by atoms with van der Waals surface area (Å²) < 4.78 is 9.10. The second-order valence-corrected chi connectivity index (χ2v) is 20.0. The Labute approximate surface area is 339 Å². The van der Waals surface area contributed by atoms with Crippen LogP contribution in [0.1, 0.15) is 105 Å². The van der Waals surface area contributed by atoms with Crippen LogP contribution < -0.4 is 14.5 Å². The van der Waals surface area contributed by atoms with Crippen molar-refractivity contribution in [2.24, 2.45) is 0 Å². The number of anilines is 4. The average molecular weight is 755 g/mol. The van der Waals surface area contributed by atoms with Crippen LogP contribution in [0, 0.1) is 0 Å². The number of aromatic nitrogens is 2. The third kappa shape index (κ3) is 7.29. The van der Waals surface area contributed by atoms with E-state index in [9.17, 15) is 0 Å². The quantitative estimate of drug-likeness (QED) is 0.175. The van der Waals surface area contributed by atoms with Crippen LogP contribution in [-0.2, 0) is 21.7 Å². The van der Waals surface area contributed by atoms with Gasteiger partial charge in [0, 0.05) is 40.5 Å². The van der Waals surface area contributed by atoms with Crippen molar-refractivity contribution in [3.8, 4) is 17.3 Å². The van der Waals surface area contributed by atoms with Crippen LogP contribution in [0.15, 0.2) is 121 Å². The van der Waals surface area contributed by atoms with Gasteiger partial charge in [0.15, 0.2) is 0 Å². The molecule has 0 N–H and O–H groups in total. The van der Waals surface area contributed by atoms with Gasteiger partial charge in [0.1, 0.15) is 24.0 Å². The molecule has 292 valence electrons. The van der Waals surface area contributed by atoms with Gasteiger partial charge in [0.2, 0.25) is 0 Å². The van der Waals surface area contributed by atoms with E-state index in [0.717, 1.165) is 34.0 Å². The summed E-state index contributed by atoms with van der Waals surface area (Å²) in [5, 5.41) is 2.38. The van der Waals surface area contributed by atoms with Crippen molar-refractivity contribution in [1.82, 2.24) is 9.55 Å². The molecule has 0 aliphatic carbocycles. The van der Waals surface area contributed by atoms with Crippen LogP contribution in [-0.4, -0.2) is 16.2 Å². The zero-order valence-corrected chi connectivity index (χ0v) is 36.0. The smallest absolute Gasteiger partial charge is 0.137 e. The van der Waals surface area contributed by atoms with Gasteiger partial charge in [-0.15, -0.1) is 0 Å². The molecular formula is C52H58N4O. The van der Waals surface area contributed by atoms with E-state index in [1.165, 1.54) is 50.1 Å². The van der Waals surface area contributed by atoms with E-state index in [1.54, 1.807) is 0 Å². The van der Waals surface area contributed by atoms with Gasteiger partial charge < -0.3 is 14.5 Å². The largest absolute Gasteiger partial charge is 0.457 e. The third-order valence-corrected chi connectivity index (χ3v) is 11.5. The molecule has 5 nitrogen and oxygen atoms in total. The summed E-state index contributed by atoms with van der Waals surface area (Å²) >= 11 is 0. The van der Waals surface area contributed by atoms with Crippen molar-refractivity contribution in [2.45, 2.75) is 105 Å². The number of hydrogen-bond donors (Lipinski definition) is 0. The van der Waals surface area contributed by atoms with Gasteiger partial charge >= 0.3 is 0 Å². The zero-order chi connectivity index (χ0) is 40.7. The van der Waals surface area contributed by atoms with Crippen molar-refractivity contribution in [3.05, 3.63) is 144 Å². The maximum atomic E-state index is 6.79. The number of ether oxygens (including phenoxy) is 1. The molecule has 3 heterocycles. The first-order valence-corrected chi connectivity index (χ1v) is 20.4. The molecule has 0 radical (unpaired) electrons. The van der Waals surface area contributed by atoms with E-state index in [-0.39, 0.29) is 21.7 Å². The fourth-order valence-corrected chi connectivity index (χ4v) is 7.94. The van der Waals surface area contributed by atoms with Gasteiger partial charge in [-0.05, 0) is 111 Å². The lowest BCUT2D eigenvalue weighted by Gasteiger charge is -2.25. The van der Waals surface area contributed by atoms with Crippen molar-refractivity contribution < 1.29 is 4.74 Å². The molecule has 0 unspecified atom stereocenters. The summed E-state index contributed by atoms with van der Waals surface area (Å²) in [4.78, 5) is 9.81. The molecule has 5 aromatic carbocycles. The first-order valence-electron chi connectivity index (χ1n) is 20.4. The van der Waals surface area contributed by atoms with Gasteiger partial charge in [-0.2, -0.15) is 0 Å². The highest BCUT2D eigenvalue weighted by atomic mass is 16.5. The molecule has 2 aromatic heterocycles. The first kappa shape index (κ1) is 38.3. The maximum Gasteiger partial charge on any atom is 0.137 e. The van der Waals surface area contributed by atoms with E-state index in [4.69, 9.17) is 9.72 Å². The Morgan fingerprint density at radius 2 is 0.982 bits per heavy atom. The summed E-state index contributed by atoms with van der Waals surface area (Å²) in [6.45, 7) is 27.9. The van der Waals surface area contributed by atoms with Gasteiger partial charge in [0.25, 0.3) is 0 Å². The minimum atomic E-state index is -0.00995. The fraction of sp³-hybridized carbons (Fsp3) is 0.327. The molecule has 5 heteroatoms. The van der Waals surface area contributed by atoms with Crippen molar-refractivity contribution >= 4 is 44.6 Å². The van der Waals surface area contributed by atoms with Crippen molar-refractivity contribution in [3.63, 3.8) is 0 Å². The van der Waals surface area contributed by atoms with Crippen LogP contribution >= 0.6 is 0 Å². The van der Waals surface area contributed by atoms with E-state index in [0.29, 0.717) is 6.67 Å². The van der Waals surface area contributed by atoms with Gasteiger partial charge in [-0.1, -0.05) is 119 Å². The average Bonchev–Trinajstić information content (AvgIpc) is 3.69. The summed E-state index contributed by atoms with van der Waals surface area (Å²) in [5.41, 5.74) is 12.1. The molecule has 0 spiro atoms. The highest BCUT2D eigenvalue weighted by Crippen LogP contribution is 2.47. The number of nitrogens with zero attached hydrogens (tertiary/aromatic N) is 4. The van der Waals surface area contributed by atoms with E-state index in [2.05, 4.69) is 213 Å². The Morgan fingerprint density at radius 1 is 0.456 bits per heavy atom. The Bertz CT molecular complexity index is 2640. The van der Waals surface area contributed by atoms with Gasteiger partial charge in [-0.25, -0.2) is 4.98 Å². The molecule has 0 fully saturated rings. The minimum absolute atomic E-state index is 0.00705. The van der Waals surface area contributed by atoms with Crippen molar-refractivity contribution in [2.75, 3.05) is 16.5 Å². The molecular weight excluding hydrogens is 697 g/mol. The molecule has 57 heavy (non-hydrogen) atoms. The van der Waals surface area contributed by atoms with Crippen LogP contribution in [0.2, 0.25) is 0 Å². The van der Waals surface area contributed by atoms with Crippen LogP contribution in [0.25, 0.3) is 27.6 Å². The van der Waals surface area contributed by atoms with E-state index < -0.39 is 0 Å². The van der Waals surface area contributed by atoms with E-state index >= 15 is 0 Å². The standard InChI is InChI=1S/C52H58N4O/c1-49(2,3)34-15-13-16-38(27-34)54-33-55(47-29-36(51(7,8)9)20-24-44(47)54)39-17-14-18-40(31-39)57-41-21-23-43-42-22-19-35(50(4,5)6)28-45(42)56(46(43)32-41)48-30-37(25-26-53-48)52(10,11)12/h13-32H,33H2,1-12H3. The zero-order valence-electron chi connectivity index (χ0n) is 36.0. The van der Waals surface area contributed by atoms with Crippen LogP contribution in [0.4, 0.5) is 22.7 Å². The summed E-state index contributed by atoms with van der Waals surface area (Å²) in [6, 6.07) is 42.2. The first-order chi connectivity index (χ1) is 26.8. The van der Waals surface area contributed by atoms with Crippen LogP contribution in [0.5, 0.6) is 11.5 Å². The predicted molar refractivity (Wildman–Crippen MR) is 242 cm³/mol. The molecule has 7 aromatic rings. The molecule has 0 atom stereocenters. The Kier molecular flexibility index (Phi) is 9.11. The Balaban J connectivity index is 1.20. The van der Waals surface area contributed by atoms with E-state index in [1.807, 2.05) is 6.20 Å². The normalized spacial score (nSPS) is 13.8. The monoisotopic (exact) mass is 754 g/mol. The van der Waals surface area contributed by atoms with Crippen LogP contribution in [0.3, 0.4) is 0 Å². The second kappa shape index (κ2) is 13.5. The van der Waals surface area contributed by atoms with Crippen molar-refractivity contribution in [1.29, 1.82) is 0 Å². The molecule has 1 aliphatic heterocycles. The Hall–Kier alpha value is -5.55. The molecule has 0 bridgehead atoms. The number of rotatable bonds is 5. The topological polar surface area (TPSA) is 33.5 Å². The summed E-state index contributed by atoms with van der Waals surface area (Å²) in [5.74, 6) is 2.48. The lowest BCUT2D eigenvalue weighted by molar-refractivity contribution is 0.483. The SMILES string of the molecule is CC(C)(C)c1cccc(N2CN(c3cccc(Oc4ccc5c6ccc(C(C)(C)C)cc6n(-c6cc(C(C)(C)C)ccn6)c5c4)c3)c3cc(C(C)(C)C)ccc32)c1. The summed E-state index contributed by atoms with van der Waals surface area (Å²) in [7, 11) is 0. The number of hydrogen-bond acceptors (Lipinski definition) is 4. The number of pyridine rings is 1. The number of benzene rings is 5. The molecule has 1 aliphatic rings. The lowest BCUT2D eigenvalue weighted by atomic mass is 9.86.